The van der Waals surface area contributed by atoms with Gasteiger partial charge in [-0.05, 0) is 11.8 Å². The Kier molecular flexibility index (Phi) is 2.49. The van der Waals surface area contributed by atoms with Crippen LogP contribution in [0.25, 0.3) is 0 Å². The van der Waals surface area contributed by atoms with Crippen LogP contribution in [0.1, 0.15) is 20.3 Å². The molecule has 1 amide bonds. The molecule has 1 aliphatic rings. The van der Waals surface area contributed by atoms with Crippen molar-refractivity contribution in [3.63, 3.8) is 0 Å². The number of rotatable bonds is 2. The molecule has 1 rings (SSSR count). The summed E-state index contributed by atoms with van der Waals surface area (Å²) in [6.45, 7) is 4.22. The Morgan fingerprint density at radius 1 is 1.73 bits per heavy atom. The third-order valence-electron chi connectivity index (χ3n) is 2.34. The highest BCUT2D eigenvalue weighted by molar-refractivity contribution is 5.79. The molecule has 3 heteroatoms. The second-order valence-electron chi connectivity index (χ2n) is 3.47. The molecule has 1 fully saturated rings. The molecule has 1 saturated heterocycles. The van der Waals surface area contributed by atoms with E-state index in [2.05, 4.69) is 19.2 Å². The van der Waals surface area contributed by atoms with Crippen LogP contribution in [0, 0.1) is 11.8 Å². The predicted molar refractivity (Wildman–Crippen MR) is 42.0 cm³/mol. The first-order chi connectivity index (χ1) is 5.15. The topological polar surface area (TPSA) is 49.3 Å². The Balaban J connectivity index is 2.57. The fourth-order valence-electron chi connectivity index (χ4n) is 1.61. The molecule has 1 aliphatic heterocycles. The minimum absolute atomic E-state index is 0.0116. The summed E-state index contributed by atoms with van der Waals surface area (Å²) in [6, 6.07) is -0.0116. The number of hydrogen-bond acceptors (Lipinski definition) is 2. The van der Waals surface area contributed by atoms with Gasteiger partial charge in [0.25, 0.3) is 0 Å². The van der Waals surface area contributed by atoms with Crippen LogP contribution >= 0.6 is 0 Å². The lowest BCUT2D eigenvalue weighted by molar-refractivity contribution is -0.119. The van der Waals surface area contributed by atoms with Gasteiger partial charge in [0.2, 0.25) is 5.91 Å². The van der Waals surface area contributed by atoms with Crippen LogP contribution in [0.3, 0.4) is 0 Å². The number of aliphatic hydroxyl groups is 1. The van der Waals surface area contributed by atoms with Gasteiger partial charge in [-0.25, -0.2) is 0 Å². The Labute approximate surface area is 66.8 Å². The van der Waals surface area contributed by atoms with E-state index in [0.29, 0.717) is 18.3 Å². The van der Waals surface area contributed by atoms with Crippen molar-refractivity contribution in [1.82, 2.24) is 5.32 Å². The molecule has 0 aromatic heterocycles. The fourth-order valence-corrected chi connectivity index (χ4v) is 1.61. The highest BCUT2D eigenvalue weighted by atomic mass is 16.3. The van der Waals surface area contributed by atoms with Crippen LogP contribution in [0.5, 0.6) is 0 Å². The predicted octanol–water partition coefficient (Wildman–Crippen LogP) is 0.139. The van der Waals surface area contributed by atoms with Crippen LogP contribution in [0.4, 0.5) is 0 Å². The number of aliphatic hydroxyl groups excluding tert-OH is 1. The van der Waals surface area contributed by atoms with E-state index in [1.165, 1.54) is 0 Å². The van der Waals surface area contributed by atoms with Crippen LogP contribution in [0.2, 0.25) is 0 Å². The molecule has 0 aliphatic carbocycles. The van der Waals surface area contributed by atoms with Gasteiger partial charge in [-0.2, -0.15) is 0 Å². The van der Waals surface area contributed by atoms with Crippen molar-refractivity contribution in [2.75, 3.05) is 6.61 Å². The van der Waals surface area contributed by atoms with Crippen LogP contribution in [0.15, 0.2) is 0 Å². The normalized spacial score (nSPS) is 31.1. The molecule has 0 aromatic carbocycles. The molecule has 0 unspecified atom stereocenters. The molecule has 0 saturated carbocycles. The van der Waals surface area contributed by atoms with Crippen LogP contribution < -0.4 is 5.32 Å². The quantitative estimate of drug-likeness (QED) is 0.599. The zero-order chi connectivity index (χ0) is 8.43. The zero-order valence-electron chi connectivity index (χ0n) is 7.00. The monoisotopic (exact) mass is 157 g/mol. The van der Waals surface area contributed by atoms with E-state index in [0.717, 1.165) is 0 Å². The molecular formula is C8H15NO2. The van der Waals surface area contributed by atoms with Crippen molar-refractivity contribution >= 4 is 5.91 Å². The summed E-state index contributed by atoms with van der Waals surface area (Å²) in [7, 11) is 0. The maximum absolute atomic E-state index is 10.9. The fraction of sp³-hybridized carbons (Fsp3) is 0.875. The summed E-state index contributed by atoms with van der Waals surface area (Å²) in [4.78, 5) is 10.9. The lowest BCUT2D eigenvalue weighted by Gasteiger charge is -2.19. The maximum atomic E-state index is 10.9. The third kappa shape index (κ3) is 1.71. The number of carbonyl (C=O) groups is 1. The van der Waals surface area contributed by atoms with Gasteiger partial charge >= 0.3 is 0 Å². The summed E-state index contributed by atoms with van der Waals surface area (Å²) in [5.41, 5.74) is 0. The van der Waals surface area contributed by atoms with E-state index in [-0.39, 0.29) is 18.6 Å². The van der Waals surface area contributed by atoms with Crippen molar-refractivity contribution in [2.24, 2.45) is 11.8 Å². The Morgan fingerprint density at radius 3 is 2.73 bits per heavy atom. The summed E-state index contributed by atoms with van der Waals surface area (Å²) < 4.78 is 0. The van der Waals surface area contributed by atoms with Gasteiger partial charge in [0.05, 0.1) is 12.6 Å². The van der Waals surface area contributed by atoms with E-state index >= 15 is 0 Å². The summed E-state index contributed by atoms with van der Waals surface area (Å²) in [6.07, 6.45) is 0.572. The molecule has 0 aromatic rings. The first kappa shape index (κ1) is 8.53. The van der Waals surface area contributed by atoms with Crippen molar-refractivity contribution < 1.29 is 9.90 Å². The van der Waals surface area contributed by atoms with E-state index in [9.17, 15) is 4.79 Å². The molecule has 3 nitrogen and oxygen atoms in total. The van der Waals surface area contributed by atoms with Crippen molar-refractivity contribution in [3.05, 3.63) is 0 Å². The van der Waals surface area contributed by atoms with Gasteiger partial charge in [-0.1, -0.05) is 13.8 Å². The molecule has 0 radical (unpaired) electrons. The second kappa shape index (κ2) is 3.22. The van der Waals surface area contributed by atoms with Gasteiger partial charge in [0, 0.05) is 6.42 Å². The lowest BCUT2D eigenvalue weighted by Crippen LogP contribution is -2.34. The summed E-state index contributed by atoms with van der Waals surface area (Å²) in [5.74, 6) is 0.848. The van der Waals surface area contributed by atoms with Crippen molar-refractivity contribution in [3.8, 4) is 0 Å². The minimum atomic E-state index is -0.0116. The van der Waals surface area contributed by atoms with Crippen LogP contribution in [-0.4, -0.2) is 23.7 Å². The van der Waals surface area contributed by atoms with E-state index in [4.69, 9.17) is 5.11 Å². The highest BCUT2D eigenvalue weighted by Crippen LogP contribution is 2.24. The largest absolute Gasteiger partial charge is 0.394 e. The molecule has 64 valence electrons. The molecular weight excluding hydrogens is 142 g/mol. The molecule has 11 heavy (non-hydrogen) atoms. The Hall–Kier alpha value is -0.570. The Morgan fingerprint density at radius 2 is 2.36 bits per heavy atom. The Bertz CT molecular complexity index is 156. The van der Waals surface area contributed by atoms with Gasteiger partial charge in [0.15, 0.2) is 0 Å². The third-order valence-corrected chi connectivity index (χ3v) is 2.34. The smallest absolute Gasteiger partial charge is 0.220 e. The minimum Gasteiger partial charge on any atom is -0.394 e. The SMILES string of the molecule is CC(C)[C@H]1CC(=O)N[C@@H]1CO. The summed E-state index contributed by atoms with van der Waals surface area (Å²) >= 11 is 0. The van der Waals surface area contributed by atoms with E-state index in [1.807, 2.05) is 0 Å². The van der Waals surface area contributed by atoms with Gasteiger partial charge in [0.1, 0.15) is 0 Å². The first-order valence-electron chi connectivity index (χ1n) is 4.05. The average Bonchev–Trinajstić information content (AvgIpc) is 2.30. The number of carbonyl (C=O) groups excluding carboxylic acids is 1. The highest BCUT2D eigenvalue weighted by Gasteiger charge is 2.33. The average molecular weight is 157 g/mol. The van der Waals surface area contributed by atoms with Gasteiger partial charge in [-0.3, -0.25) is 4.79 Å². The van der Waals surface area contributed by atoms with Crippen molar-refractivity contribution in [1.29, 1.82) is 0 Å². The van der Waals surface area contributed by atoms with Gasteiger partial charge < -0.3 is 10.4 Å². The zero-order valence-corrected chi connectivity index (χ0v) is 7.00. The van der Waals surface area contributed by atoms with Crippen molar-refractivity contribution in [2.45, 2.75) is 26.3 Å². The maximum Gasteiger partial charge on any atom is 0.220 e. The first-order valence-corrected chi connectivity index (χ1v) is 4.05. The standard InChI is InChI=1S/C8H15NO2/c1-5(2)6-3-8(11)9-7(6)4-10/h5-7,10H,3-4H2,1-2H3,(H,9,11)/t6-,7-/m1/s1. The number of nitrogens with one attached hydrogen (secondary N) is 1. The number of hydrogen-bond donors (Lipinski definition) is 2. The number of amides is 1. The molecule has 2 atom stereocenters. The molecule has 2 N–H and O–H groups in total. The van der Waals surface area contributed by atoms with E-state index in [1.54, 1.807) is 0 Å². The van der Waals surface area contributed by atoms with E-state index < -0.39 is 0 Å². The molecule has 0 spiro atoms. The molecule has 1 heterocycles. The summed E-state index contributed by atoms with van der Waals surface area (Å²) in [5, 5.41) is 11.6. The second-order valence-corrected chi connectivity index (χ2v) is 3.47. The molecule has 0 bridgehead atoms. The lowest BCUT2D eigenvalue weighted by atomic mass is 9.89. The van der Waals surface area contributed by atoms with Gasteiger partial charge in [-0.15, -0.1) is 0 Å². The van der Waals surface area contributed by atoms with Crippen LogP contribution in [-0.2, 0) is 4.79 Å².